The van der Waals surface area contributed by atoms with E-state index in [0.29, 0.717) is 0 Å². The first kappa shape index (κ1) is 7.56. The number of rotatable bonds is 2. The van der Waals surface area contributed by atoms with E-state index in [1.807, 2.05) is 0 Å². The third-order valence-corrected chi connectivity index (χ3v) is 3.08. The lowest BCUT2D eigenvalue weighted by atomic mass is 9.95. The van der Waals surface area contributed by atoms with Crippen molar-refractivity contribution in [1.82, 2.24) is 5.32 Å². The molecular formula is C9H17NO. The SMILES string of the molecule is CNC1CC1C1CCOCC1. The number of nitrogens with one attached hydrogen (secondary N) is 1. The first-order chi connectivity index (χ1) is 5.42. The fourth-order valence-electron chi connectivity index (χ4n) is 2.21. The molecule has 1 N–H and O–H groups in total. The van der Waals surface area contributed by atoms with Crippen LogP contribution in [0.15, 0.2) is 0 Å². The number of ether oxygens (including phenoxy) is 1. The van der Waals surface area contributed by atoms with Gasteiger partial charge in [-0.2, -0.15) is 0 Å². The van der Waals surface area contributed by atoms with Crippen molar-refractivity contribution in [3.63, 3.8) is 0 Å². The van der Waals surface area contributed by atoms with E-state index in [-0.39, 0.29) is 0 Å². The summed E-state index contributed by atoms with van der Waals surface area (Å²) in [6.07, 6.45) is 3.99. The summed E-state index contributed by atoms with van der Waals surface area (Å²) in [5, 5.41) is 3.35. The lowest BCUT2D eigenvalue weighted by Crippen LogP contribution is -2.21. The van der Waals surface area contributed by atoms with Gasteiger partial charge in [0.2, 0.25) is 0 Å². The molecule has 1 aliphatic carbocycles. The largest absolute Gasteiger partial charge is 0.381 e. The van der Waals surface area contributed by atoms with Gasteiger partial charge in [0.1, 0.15) is 0 Å². The molecule has 2 atom stereocenters. The minimum atomic E-state index is 0.832. The van der Waals surface area contributed by atoms with Crippen molar-refractivity contribution in [2.45, 2.75) is 25.3 Å². The first-order valence-electron chi connectivity index (χ1n) is 4.67. The lowest BCUT2D eigenvalue weighted by Gasteiger charge is -2.21. The molecule has 1 heterocycles. The highest BCUT2D eigenvalue weighted by molar-refractivity contribution is 4.96. The fraction of sp³-hybridized carbons (Fsp3) is 1.00. The first-order valence-corrected chi connectivity index (χ1v) is 4.67. The van der Waals surface area contributed by atoms with Gasteiger partial charge in [-0.1, -0.05) is 0 Å². The van der Waals surface area contributed by atoms with E-state index >= 15 is 0 Å². The van der Waals surface area contributed by atoms with Gasteiger partial charge < -0.3 is 10.1 Å². The molecule has 2 unspecified atom stereocenters. The molecule has 2 nitrogen and oxygen atoms in total. The Morgan fingerprint density at radius 1 is 1.27 bits per heavy atom. The Labute approximate surface area is 68.3 Å². The molecule has 0 aromatic rings. The van der Waals surface area contributed by atoms with E-state index in [0.717, 1.165) is 31.1 Å². The maximum Gasteiger partial charge on any atom is 0.0468 e. The van der Waals surface area contributed by atoms with Crippen molar-refractivity contribution in [1.29, 1.82) is 0 Å². The zero-order valence-corrected chi connectivity index (χ0v) is 7.18. The maximum atomic E-state index is 5.33. The van der Waals surface area contributed by atoms with Gasteiger partial charge in [0.05, 0.1) is 0 Å². The summed E-state index contributed by atoms with van der Waals surface area (Å²) in [7, 11) is 2.07. The summed E-state index contributed by atoms with van der Waals surface area (Å²) in [5.74, 6) is 1.94. The van der Waals surface area contributed by atoms with Gasteiger partial charge in [0.25, 0.3) is 0 Å². The van der Waals surface area contributed by atoms with Crippen molar-refractivity contribution in [2.75, 3.05) is 20.3 Å². The lowest BCUT2D eigenvalue weighted by molar-refractivity contribution is 0.0590. The second-order valence-electron chi connectivity index (χ2n) is 3.74. The smallest absolute Gasteiger partial charge is 0.0468 e. The van der Waals surface area contributed by atoms with Crippen LogP contribution in [-0.2, 0) is 4.74 Å². The van der Waals surface area contributed by atoms with E-state index in [1.165, 1.54) is 19.3 Å². The van der Waals surface area contributed by atoms with Crippen LogP contribution in [0.1, 0.15) is 19.3 Å². The van der Waals surface area contributed by atoms with Crippen LogP contribution >= 0.6 is 0 Å². The fourth-order valence-corrected chi connectivity index (χ4v) is 2.21. The molecule has 1 aliphatic heterocycles. The Balaban J connectivity index is 1.77. The van der Waals surface area contributed by atoms with Gasteiger partial charge in [-0.15, -0.1) is 0 Å². The molecule has 1 saturated heterocycles. The summed E-state index contributed by atoms with van der Waals surface area (Å²) in [5.41, 5.74) is 0. The zero-order valence-electron chi connectivity index (χ0n) is 7.18. The molecule has 11 heavy (non-hydrogen) atoms. The van der Waals surface area contributed by atoms with Crippen LogP contribution in [0.5, 0.6) is 0 Å². The van der Waals surface area contributed by atoms with E-state index in [4.69, 9.17) is 4.74 Å². The summed E-state index contributed by atoms with van der Waals surface area (Å²) < 4.78 is 5.33. The van der Waals surface area contributed by atoms with Gasteiger partial charge in [-0.05, 0) is 38.1 Å². The van der Waals surface area contributed by atoms with Crippen LogP contribution in [0.3, 0.4) is 0 Å². The molecule has 2 rings (SSSR count). The van der Waals surface area contributed by atoms with Crippen LogP contribution < -0.4 is 5.32 Å². The molecule has 64 valence electrons. The van der Waals surface area contributed by atoms with Crippen molar-refractivity contribution >= 4 is 0 Å². The normalized spacial score (nSPS) is 39.0. The Morgan fingerprint density at radius 3 is 2.55 bits per heavy atom. The van der Waals surface area contributed by atoms with Crippen LogP contribution in [0.25, 0.3) is 0 Å². The van der Waals surface area contributed by atoms with Crippen LogP contribution in [0.2, 0.25) is 0 Å². The molecular weight excluding hydrogens is 138 g/mol. The average Bonchev–Trinajstić information content (AvgIpc) is 2.85. The van der Waals surface area contributed by atoms with Gasteiger partial charge in [0.15, 0.2) is 0 Å². The Hall–Kier alpha value is -0.0800. The minimum absolute atomic E-state index is 0.832. The molecule has 0 bridgehead atoms. The van der Waals surface area contributed by atoms with E-state index < -0.39 is 0 Å². The third-order valence-electron chi connectivity index (χ3n) is 3.08. The molecule has 1 saturated carbocycles. The van der Waals surface area contributed by atoms with Crippen molar-refractivity contribution in [3.05, 3.63) is 0 Å². The van der Waals surface area contributed by atoms with Crippen LogP contribution in [0, 0.1) is 11.8 Å². The molecule has 0 aromatic heterocycles. The molecule has 2 heteroatoms. The molecule has 2 fully saturated rings. The van der Waals surface area contributed by atoms with Crippen molar-refractivity contribution in [2.24, 2.45) is 11.8 Å². The Kier molecular flexibility index (Phi) is 2.14. The van der Waals surface area contributed by atoms with Crippen LogP contribution in [-0.4, -0.2) is 26.3 Å². The number of hydrogen-bond acceptors (Lipinski definition) is 2. The average molecular weight is 155 g/mol. The molecule has 0 amide bonds. The second kappa shape index (κ2) is 3.11. The predicted molar refractivity (Wildman–Crippen MR) is 44.5 cm³/mol. The topological polar surface area (TPSA) is 21.3 Å². The van der Waals surface area contributed by atoms with Crippen LogP contribution in [0.4, 0.5) is 0 Å². The monoisotopic (exact) mass is 155 g/mol. The van der Waals surface area contributed by atoms with Gasteiger partial charge in [-0.3, -0.25) is 0 Å². The van der Waals surface area contributed by atoms with Crippen molar-refractivity contribution < 1.29 is 4.74 Å². The maximum absolute atomic E-state index is 5.33. The zero-order chi connectivity index (χ0) is 7.68. The molecule has 0 aromatic carbocycles. The van der Waals surface area contributed by atoms with Gasteiger partial charge in [-0.25, -0.2) is 0 Å². The van der Waals surface area contributed by atoms with Crippen molar-refractivity contribution in [3.8, 4) is 0 Å². The Morgan fingerprint density at radius 2 is 2.00 bits per heavy atom. The summed E-state index contributed by atoms with van der Waals surface area (Å²) >= 11 is 0. The minimum Gasteiger partial charge on any atom is -0.381 e. The molecule has 2 aliphatic rings. The predicted octanol–water partition coefficient (Wildman–Crippen LogP) is 1.02. The third kappa shape index (κ3) is 1.57. The van der Waals surface area contributed by atoms with Gasteiger partial charge >= 0.3 is 0 Å². The Bertz CT molecular complexity index is 132. The highest BCUT2D eigenvalue weighted by Crippen LogP contribution is 2.41. The highest BCUT2D eigenvalue weighted by atomic mass is 16.5. The standard InChI is InChI=1S/C9H17NO/c1-10-9-6-8(9)7-2-4-11-5-3-7/h7-10H,2-6H2,1H3. The summed E-state index contributed by atoms with van der Waals surface area (Å²) in [6, 6.07) is 0.832. The number of hydrogen-bond donors (Lipinski definition) is 1. The van der Waals surface area contributed by atoms with E-state index in [2.05, 4.69) is 12.4 Å². The van der Waals surface area contributed by atoms with E-state index in [9.17, 15) is 0 Å². The molecule has 0 spiro atoms. The quantitative estimate of drug-likeness (QED) is 0.643. The highest BCUT2D eigenvalue weighted by Gasteiger charge is 2.41. The molecule has 0 radical (unpaired) electrons. The summed E-state index contributed by atoms with van der Waals surface area (Å²) in [6.45, 7) is 2.00. The van der Waals surface area contributed by atoms with Gasteiger partial charge in [0, 0.05) is 19.3 Å². The van der Waals surface area contributed by atoms with E-state index in [1.54, 1.807) is 0 Å². The summed E-state index contributed by atoms with van der Waals surface area (Å²) in [4.78, 5) is 0. The second-order valence-corrected chi connectivity index (χ2v) is 3.74.